The molecule has 0 bridgehead atoms. The number of carbonyl (C=O) groups excluding carboxylic acids is 5. The second-order valence-electron chi connectivity index (χ2n) is 16.5. The van der Waals surface area contributed by atoms with Crippen molar-refractivity contribution in [3.63, 3.8) is 0 Å². The topological polar surface area (TPSA) is 234 Å². The molecule has 2 saturated carbocycles. The standard InChI is InChI=1S/C41H57N9O7/c1-41(2,57)34-23-44-48-50(34)30-22-33(38(54)46-31(35(51)36(42)52)14-8-9-19-43-40(56)45-29-17-18-29)49(24-30)39(55)32(20-25-10-4-3-5-11-25)47-37(53)28-16-15-26-12-6-7-13-27(26)21-28/h6-7,12-13,15-16,21,23,25,29-33,35,51,57H,3-5,8-11,14,17-20,22,24H2,1-2H3,(H2,42,52)(H,46,54)(H,47,53)(H2,43,45,56)/t30-,31?,32+,33-,35?/m0/s1. The first-order valence-electron chi connectivity index (χ1n) is 20.3. The average molecular weight is 788 g/mol. The second-order valence-corrected chi connectivity index (χ2v) is 16.5. The molecule has 2 aromatic carbocycles. The number of rotatable bonds is 17. The van der Waals surface area contributed by atoms with Crippen molar-refractivity contribution in [3.8, 4) is 0 Å². The fraction of sp³-hybridized carbons (Fsp3) is 0.585. The van der Waals surface area contributed by atoms with Crippen LogP contribution in [-0.2, 0) is 20.0 Å². The number of fused-ring (bicyclic) bond motifs is 1. The molecule has 2 aliphatic carbocycles. The van der Waals surface area contributed by atoms with Gasteiger partial charge in [-0.15, -0.1) is 5.10 Å². The molecule has 1 aromatic heterocycles. The summed E-state index contributed by atoms with van der Waals surface area (Å²) in [5, 5.41) is 43.4. The third-order valence-corrected chi connectivity index (χ3v) is 11.5. The Morgan fingerprint density at radius 1 is 0.965 bits per heavy atom. The maximum absolute atomic E-state index is 14.9. The molecule has 0 spiro atoms. The van der Waals surface area contributed by atoms with Crippen LogP contribution in [0.4, 0.5) is 4.79 Å². The molecular formula is C41H57N9O7. The normalized spacial score (nSPS) is 20.4. The van der Waals surface area contributed by atoms with Crippen molar-refractivity contribution in [1.82, 2.24) is 41.2 Å². The van der Waals surface area contributed by atoms with E-state index in [9.17, 15) is 34.2 Å². The van der Waals surface area contributed by atoms with Gasteiger partial charge in [-0.05, 0) is 81.2 Å². The Balaban J connectivity index is 1.23. The quantitative estimate of drug-likeness (QED) is 0.0995. The molecule has 8 N–H and O–H groups in total. The number of unbranched alkanes of at least 4 members (excludes halogenated alkanes) is 1. The molecule has 5 atom stereocenters. The van der Waals surface area contributed by atoms with Crippen LogP contribution in [0.3, 0.4) is 0 Å². The Labute approximate surface area is 332 Å². The van der Waals surface area contributed by atoms with Crippen LogP contribution in [0.25, 0.3) is 10.8 Å². The van der Waals surface area contributed by atoms with Gasteiger partial charge in [0, 0.05) is 31.1 Å². The Bertz CT molecular complexity index is 1900. The maximum atomic E-state index is 14.9. The largest absolute Gasteiger partial charge is 0.384 e. The third kappa shape index (κ3) is 10.9. The Morgan fingerprint density at radius 2 is 1.70 bits per heavy atom. The highest BCUT2D eigenvalue weighted by Crippen LogP contribution is 2.34. The summed E-state index contributed by atoms with van der Waals surface area (Å²) in [5.74, 6) is -2.28. The molecule has 6 rings (SSSR count). The lowest BCUT2D eigenvalue weighted by Crippen LogP contribution is -2.57. The minimum absolute atomic E-state index is 0.0218. The van der Waals surface area contributed by atoms with E-state index in [0.29, 0.717) is 37.1 Å². The van der Waals surface area contributed by atoms with Crippen molar-refractivity contribution in [1.29, 1.82) is 0 Å². The minimum Gasteiger partial charge on any atom is -0.384 e. The highest BCUT2D eigenvalue weighted by atomic mass is 16.3. The molecule has 0 radical (unpaired) electrons. The summed E-state index contributed by atoms with van der Waals surface area (Å²) >= 11 is 0. The van der Waals surface area contributed by atoms with Crippen molar-refractivity contribution in [2.45, 2.75) is 133 Å². The van der Waals surface area contributed by atoms with Crippen LogP contribution in [0.1, 0.15) is 113 Å². The number of hydrogen-bond donors (Lipinski definition) is 7. The van der Waals surface area contributed by atoms with Crippen LogP contribution < -0.4 is 27.0 Å². The van der Waals surface area contributed by atoms with E-state index < -0.39 is 59.5 Å². The Hall–Kier alpha value is -5.09. The number of hydrogen-bond acceptors (Lipinski definition) is 9. The molecule has 1 aliphatic heterocycles. The number of aliphatic hydroxyl groups is 2. The smallest absolute Gasteiger partial charge is 0.315 e. The van der Waals surface area contributed by atoms with Crippen LogP contribution in [0, 0.1) is 5.92 Å². The molecular weight excluding hydrogens is 731 g/mol. The van der Waals surface area contributed by atoms with Crippen LogP contribution in [0.2, 0.25) is 0 Å². The molecule has 1 saturated heterocycles. The van der Waals surface area contributed by atoms with Gasteiger partial charge in [0.25, 0.3) is 5.91 Å². The molecule has 16 heteroatoms. The summed E-state index contributed by atoms with van der Waals surface area (Å²) in [6.07, 6.45) is 8.26. The first kappa shape index (κ1) is 41.5. The Morgan fingerprint density at radius 3 is 2.40 bits per heavy atom. The number of aromatic nitrogens is 3. The van der Waals surface area contributed by atoms with Gasteiger partial charge in [-0.3, -0.25) is 19.2 Å². The summed E-state index contributed by atoms with van der Waals surface area (Å²) in [6.45, 7) is 3.57. The van der Waals surface area contributed by atoms with Crippen LogP contribution in [-0.4, -0.2) is 103 Å². The zero-order valence-corrected chi connectivity index (χ0v) is 32.9. The van der Waals surface area contributed by atoms with Gasteiger partial charge >= 0.3 is 6.03 Å². The summed E-state index contributed by atoms with van der Waals surface area (Å²) in [5.41, 5.74) is 4.98. The predicted molar refractivity (Wildman–Crippen MR) is 211 cm³/mol. The number of nitrogens with two attached hydrogens (primary N) is 1. The first-order chi connectivity index (χ1) is 27.3. The van der Waals surface area contributed by atoms with E-state index in [0.717, 1.165) is 55.7 Å². The van der Waals surface area contributed by atoms with Gasteiger partial charge in [0.1, 0.15) is 17.7 Å². The molecule has 2 unspecified atom stereocenters. The number of likely N-dealkylation sites (tertiary alicyclic amines) is 1. The van der Waals surface area contributed by atoms with Crippen LogP contribution >= 0.6 is 0 Å². The van der Waals surface area contributed by atoms with Crippen molar-refractivity contribution >= 4 is 40.4 Å². The van der Waals surface area contributed by atoms with Crippen molar-refractivity contribution in [3.05, 3.63) is 59.9 Å². The molecule has 308 valence electrons. The summed E-state index contributed by atoms with van der Waals surface area (Å²) < 4.78 is 1.53. The minimum atomic E-state index is -1.71. The van der Waals surface area contributed by atoms with Gasteiger partial charge in [-0.25, -0.2) is 9.48 Å². The van der Waals surface area contributed by atoms with Crippen molar-refractivity contribution in [2.24, 2.45) is 11.7 Å². The maximum Gasteiger partial charge on any atom is 0.315 e. The van der Waals surface area contributed by atoms with E-state index >= 15 is 0 Å². The van der Waals surface area contributed by atoms with Gasteiger partial charge in [-0.2, -0.15) is 0 Å². The molecule has 3 aromatic rings. The van der Waals surface area contributed by atoms with E-state index in [-0.39, 0.29) is 37.4 Å². The highest BCUT2D eigenvalue weighted by Gasteiger charge is 2.45. The lowest BCUT2D eigenvalue weighted by Gasteiger charge is -2.32. The van der Waals surface area contributed by atoms with E-state index in [1.807, 2.05) is 30.3 Å². The lowest BCUT2D eigenvalue weighted by atomic mass is 9.84. The zero-order valence-electron chi connectivity index (χ0n) is 32.9. The molecule has 16 nitrogen and oxygen atoms in total. The fourth-order valence-electron chi connectivity index (χ4n) is 8.13. The number of aliphatic hydroxyl groups excluding tert-OH is 1. The van der Waals surface area contributed by atoms with Gasteiger partial charge in [0.05, 0.1) is 24.0 Å². The fourth-order valence-corrected chi connectivity index (χ4v) is 8.13. The number of primary amides is 1. The van der Waals surface area contributed by atoms with E-state index in [2.05, 4.69) is 31.6 Å². The van der Waals surface area contributed by atoms with E-state index in [4.69, 9.17) is 5.73 Å². The summed E-state index contributed by atoms with van der Waals surface area (Å²) in [6, 6.07) is 9.35. The second kappa shape index (κ2) is 18.4. The SMILES string of the molecule is CC(C)(O)c1cnnn1[C@H]1C[C@@H](C(=O)NC(CCCCNC(=O)NC2CC2)C(O)C(N)=O)N(C(=O)[C@@H](CC2CCCCC2)NC(=O)c2ccc3ccccc3c2)C1. The average Bonchev–Trinajstić information content (AvgIpc) is 3.65. The number of carbonyl (C=O) groups is 5. The first-order valence-corrected chi connectivity index (χ1v) is 20.3. The zero-order chi connectivity index (χ0) is 40.7. The third-order valence-electron chi connectivity index (χ3n) is 11.5. The molecule has 57 heavy (non-hydrogen) atoms. The van der Waals surface area contributed by atoms with Gasteiger partial charge in [0.2, 0.25) is 17.7 Å². The number of nitrogens with one attached hydrogen (secondary N) is 4. The number of nitrogens with zero attached hydrogens (tertiary/aromatic N) is 4. The highest BCUT2D eigenvalue weighted by molar-refractivity contribution is 6.01. The van der Waals surface area contributed by atoms with E-state index in [1.165, 1.54) is 15.8 Å². The van der Waals surface area contributed by atoms with Crippen LogP contribution in [0.15, 0.2) is 48.7 Å². The molecule has 3 aliphatic rings. The lowest BCUT2D eigenvalue weighted by molar-refractivity contribution is -0.141. The monoisotopic (exact) mass is 787 g/mol. The van der Waals surface area contributed by atoms with Gasteiger partial charge in [0.15, 0.2) is 6.10 Å². The molecule has 3 fully saturated rings. The van der Waals surface area contributed by atoms with Crippen LogP contribution in [0.5, 0.6) is 0 Å². The number of urea groups is 1. The number of benzene rings is 2. The number of amides is 6. The van der Waals surface area contributed by atoms with Gasteiger partial charge < -0.3 is 42.1 Å². The summed E-state index contributed by atoms with van der Waals surface area (Å²) in [7, 11) is 0. The van der Waals surface area contributed by atoms with Gasteiger partial charge in [-0.1, -0.05) is 67.6 Å². The van der Waals surface area contributed by atoms with E-state index in [1.54, 1.807) is 26.0 Å². The van der Waals surface area contributed by atoms with Crippen molar-refractivity contribution < 1.29 is 34.2 Å². The Kier molecular flexibility index (Phi) is 13.4. The molecule has 2 heterocycles. The summed E-state index contributed by atoms with van der Waals surface area (Å²) in [4.78, 5) is 68.8. The van der Waals surface area contributed by atoms with Crippen molar-refractivity contribution in [2.75, 3.05) is 13.1 Å². The molecule has 6 amide bonds. The predicted octanol–water partition coefficient (Wildman–Crippen LogP) is 2.53.